The first-order chi connectivity index (χ1) is 7.53. The van der Waals surface area contributed by atoms with E-state index in [9.17, 15) is 8.42 Å². The number of piperidine rings is 1. The van der Waals surface area contributed by atoms with Crippen molar-refractivity contribution in [3.8, 4) is 0 Å². The summed E-state index contributed by atoms with van der Waals surface area (Å²) < 4.78 is 28.2. The van der Waals surface area contributed by atoms with E-state index in [0.29, 0.717) is 31.5 Å². The molecule has 0 aromatic rings. The van der Waals surface area contributed by atoms with E-state index in [2.05, 4.69) is 11.6 Å². The van der Waals surface area contributed by atoms with Crippen molar-refractivity contribution in [2.75, 3.05) is 19.6 Å². The molecule has 1 aliphatic carbocycles. The fourth-order valence-corrected chi connectivity index (χ4v) is 3.67. The molecule has 1 saturated carbocycles. The van der Waals surface area contributed by atoms with E-state index >= 15 is 0 Å². The number of nitrogens with zero attached hydrogens (tertiary/aromatic N) is 1. The van der Waals surface area contributed by atoms with Crippen LogP contribution in [-0.2, 0) is 10.2 Å². The minimum atomic E-state index is -3.26. The molecule has 5 nitrogen and oxygen atoms in total. The van der Waals surface area contributed by atoms with Gasteiger partial charge in [-0.3, -0.25) is 0 Å². The number of hydrogen-bond donors (Lipinski definition) is 2. The zero-order valence-corrected chi connectivity index (χ0v) is 10.5. The molecule has 1 aliphatic heterocycles. The fraction of sp³-hybridized carbons (Fsp3) is 1.00. The summed E-state index contributed by atoms with van der Waals surface area (Å²) in [7, 11) is -3.26. The molecule has 0 amide bonds. The third kappa shape index (κ3) is 2.74. The van der Waals surface area contributed by atoms with E-state index in [-0.39, 0.29) is 6.04 Å². The van der Waals surface area contributed by atoms with Crippen molar-refractivity contribution in [2.45, 2.75) is 32.2 Å². The zero-order valence-electron chi connectivity index (χ0n) is 9.72. The molecule has 0 aromatic heterocycles. The van der Waals surface area contributed by atoms with Crippen LogP contribution in [0.4, 0.5) is 0 Å². The van der Waals surface area contributed by atoms with Gasteiger partial charge in [-0.2, -0.15) is 17.4 Å². The van der Waals surface area contributed by atoms with Crippen molar-refractivity contribution >= 4 is 10.2 Å². The fourth-order valence-electron chi connectivity index (χ4n) is 2.13. The molecule has 1 heterocycles. The van der Waals surface area contributed by atoms with Crippen molar-refractivity contribution < 1.29 is 8.42 Å². The summed E-state index contributed by atoms with van der Waals surface area (Å²) in [6, 6.07) is 0.181. The Morgan fingerprint density at radius 3 is 2.62 bits per heavy atom. The largest absolute Gasteiger partial charge is 0.330 e. The maximum atomic E-state index is 12.0. The van der Waals surface area contributed by atoms with Crippen LogP contribution < -0.4 is 10.5 Å². The van der Waals surface area contributed by atoms with E-state index < -0.39 is 10.2 Å². The summed E-state index contributed by atoms with van der Waals surface area (Å²) in [5.41, 5.74) is 5.67. The van der Waals surface area contributed by atoms with Crippen LogP contribution in [0, 0.1) is 11.8 Å². The highest BCUT2D eigenvalue weighted by Gasteiger charge is 2.35. The summed E-state index contributed by atoms with van der Waals surface area (Å²) in [4.78, 5) is 0. The summed E-state index contributed by atoms with van der Waals surface area (Å²) in [6.07, 6.45) is 2.86. The Bertz CT molecular complexity index is 340. The van der Waals surface area contributed by atoms with Gasteiger partial charge in [0.05, 0.1) is 0 Å². The first-order valence-electron chi connectivity index (χ1n) is 6.00. The summed E-state index contributed by atoms with van der Waals surface area (Å²) in [5, 5.41) is 0. The maximum Gasteiger partial charge on any atom is 0.279 e. The Hall–Kier alpha value is -0.170. The molecule has 2 aliphatic rings. The van der Waals surface area contributed by atoms with Gasteiger partial charge in [0.15, 0.2) is 0 Å². The molecule has 0 spiro atoms. The predicted octanol–water partition coefficient (Wildman–Crippen LogP) is -0.100. The lowest BCUT2D eigenvalue weighted by atomic mass is 9.88. The lowest BCUT2D eigenvalue weighted by Crippen LogP contribution is -2.49. The smallest absolute Gasteiger partial charge is 0.279 e. The Morgan fingerprint density at radius 2 is 2.06 bits per heavy atom. The van der Waals surface area contributed by atoms with Gasteiger partial charge in [-0.05, 0) is 37.6 Å². The molecule has 0 bridgehead atoms. The number of nitrogens with one attached hydrogen (secondary N) is 1. The molecule has 1 saturated heterocycles. The summed E-state index contributed by atoms with van der Waals surface area (Å²) >= 11 is 0. The normalized spacial score (nSPS) is 32.9. The van der Waals surface area contributed by atoms with Crippen LogP contribution >= 0.6 is 0 Å². The SMILES string of the molecule is CC1CCN(S(=O)(=O)NC2CC2)CC1CN. The molecule has 0 radical (unpaired) electrons. The number of rotatable bonds is 4. The quantitative estimate of drug-likeness (QED) is 0.728. The Balaban J connectivity index is 1.98. The van der Waals surface area contributed by atoms with Crippen LogP contribution in [0.15, 0.2) is 0 Å². The van der Waals surface area contributed by atoms with Gasteiger partial charge in [0.2, 0.25) is 0 Å². The molecule has 6 heteroatoms. The number of nitrogens with two attached hydrogens (primary N) is 1. The minimum Gasteiger partial charge on any atom is -0.330 e. The van der Waals surface area contributed by atoms with Gasteiger partial charge in [0, 0.05) is 19.1 Å². The van der Waals surface area contributed by atoms with Crippen molar-refractivity contribution in [1.29, 1.82) is 0 Å². The van der Waals surface area contributed by atoms with Crippen LogP contribution in [0.25, 0.3) is 0 Å². The van der Waals surface area contributed by atoms with Gasteiger partial charge in [0.25, 0.3) is 10.2 Å². The van der Waals surface area contributed by atoms with Gasteiger partial charge >= 0.3 is 0 Å². The van der Waals surface area contributed by atoms with Gasteiger partial charge in [-0.15, -0.1) is 0 Å². The zero-order chi connectivity index (χ0) is 11.8. The Labute approximate surface area is 97.6 Å². The second-order valence-corrected chi connectivity index (χ2v) is 6.72. The lowest BCUT2D eigenvalue weighted by Gasteiger charge is -2.35. The van der Waals surface area contributed by atoms with Gasteiger partial charge in [-0.25, -0.2) is 0 Å². The van der Waals surface area contributed by atoms with Crippen LogP contribution in [0.5, 0.6) is 0 Å². The third-order valence-electron chi connectivity index (χ3n) is 3.61. The van der Waals surface area contributed by atoms with Crippen molar-refractivity contribution in [2.24, 2.45) is 17.6 Å². The second-order valence-electron chi connectivity index (χ2n) is 5.02. The molecule has 2 atom stereocenters. The lowest BCUT2D eigenvalue weighted by molar-refractivity contribution is 0.201. The van der Waals surface area contributed by atoms with Crippen molar-refractivity contribution in [1.82, 2.24) is 9.03 Å². The van der Waals surface area contributed by atoms with Crippen LogP contribution in [0.3, 0.4) is 0 Å². The molecule has 2 rings (SSSR count). The van der Waals surface area contributed by atoms with Crippen molar-refractivity contribution in [3.63, 3.8) is 0 Å². The third-order valence-corrected chi connectivity index (χ3v) is 5.26. The Morgan fingerprint density at radius 1 is 1.38 bits per heavy atom. The first-order valence-corrected chi connectivity index (χ1v) is 7.44. The highest BCUT2D eigenvalue weighted by atomic mass is 32.2. The van der Waals surface area contributed by atoms with E-state index in [4.69, 9.17) is 5.73 Å². The second kappa shape index (κ2) is 4.60. The first kappa shape index (κ1) is 12.3. The van der Waals surface area contributed by atoms with E-state index in [1.54, 1.807) is 4.31 Å². The van der Waals surface area contributed by atoms with Crippen molar-refractivity contribution in [3.05, 3.63) is 0 Å². The molecular weight excluding hydrogens is 226 g/mol. The topological polar surface area (TPSA) is 75.4 Å². The standard InChI is InChI=1S/C10H21N3O2S/c1-8-4-5-13(7-9(8)6-11)16(14,15)12-10-2-3-10/h8-10,12H,2-7,11H2,1H3. The van der Waals surface area contributed by atoms with E-state index in [1.165, 1.54) is 0 Å². The van der Waals surface area contributed by atoms with E-state index in [0.717, 1.165) is 19.3 Å². The molecule has 94 valence electrons. The molecule has 2 fully saturated rings. The predicted molar refractivity (Wildman–Crippen MR) is 63.0 cm³/mol. The van der Waals surface area contributed by atoms with Gasteiger partial charge in [0.1, 0.15) is 0 Å². The Kier molecular flexibility index (Phi) is 3.53. The highest BCUT2D eigenvalue weighted by Crippen LogP contribution is 2.26. The maximum absolute atomic E-state index is 12.0. The van der Waals surface area contributed by atoms with Gasteiger partial charge < -0.3 is 5.73 Å². The van der Waals surface area contributed by atoms with Crippen LogP contribution in [-0.4, -0.2) is 38.4 Å². The number of hydrogen-bond acceptors (Lipinski definition) is 3. The average Bonchev–Trinajstić information content (AvgIpc) is 3.01. The average molecular weight is 247 g/mol. The molecule has 2 unspecified atom stereocenters. The van der Waals surface area contributed by atoms with Crippen LogP contribution in [0.1, 0.15) is 26.2 Å². The highest BCUT2D eigenvalue weighted by molar-refractivity contribution is 7.87. The van der Waals surface area contributed by atoms with Crippen LogP contribution in [0.2, 0.25) is 0 Å². The molecular formula is C10H21N3O2S. The molecule has 3 N–H and O–H groups in total. The molecule has 0 aromatic carbocycles. The minimum absolute atomic E-state index is 0.181. The summed E-state index contributed by atoms with van der Waals surface area (Å²) in [5.74, 6) is 0.821. The molecule has 16 heavy (non-hydrogen) atoms. The summed E-state index contributed by atoms with van der Waals surface area (Å²) in [6.45, 7) is 3.91. The van der Waals surface area contributed by atoms with E-state index in [1.807, 2.05) is 0 Å². The monoisotopic (exact) mass is 247 g/mol. The van der Waals surface area contributed by atoms with Gasteiger partial charge in [-0.1, -0.05) is 6.92 Å².